The van der Waals surface area contributed by atoms with Crippen LogP contribution in [0.25, 0.3) is 0 Å². The van der Waals surface area contributed by atoms with Crippen molar-refractivity contribution in [3.8, 4) is 0 Å². The van der Waals surface area contributed by atoms with E-state index in [9.17, 15) is 44.7 Å². The van der Waals surface area contributed by atoms with Crippen LogP contribution in [0.2, 0.25) is 0 Å². The Balaban J connectivity index is 2.12. The number of carbonyl (C=O) groups excluding carboxylic acids is 4. The molecule has 9 atom stereocenters. The number of aliphatic hydroxyl groups is 4. The first kappa shape index (κ1) is 29.9. The maximum atomic E-state index is 13.1. The molecule has 2 aliphatic heterocycles. The maximum absolute atomic E-state index is 13.1. The minimum atomic E-state index is -1.64. The van der Waals surface area contributed by atoms with E-state index < -0.39 is 78.8 Å². The van der Waals surface area contributed by atoms with Gasteiger partial charge in [-0.25, -0.2) is 4.79 Å². The number of likely N-dealkylation sites (tertiary alicyclic amines) is 1. The Morgan fingerprint density at radius 3 is 2.39 bits per heavy atom. The molecule has 2 aliphatic rings. The second-order valence-corrected chi connectivity index (χ2v) is 8.94. The molecule has 0 aromatic rings. The largest absolute Gasteiger partial charge is 0.550 e. The quantitative estimate of drug-likeness (QED) is 0.166. The molecule has 2 saturated heterocycles. The van der Waals surface area contributed by atoms with Gasteiger partial charge in [0.15, 0.2) is 12.3 Å². The minimum Gasteiger partial charge on any atom is -0.550 e. The van der Waals surface area contributed by atoms with E-state index in [1.54, 1.807) is 6.92 Å². The molecule has 0 bridgehead atoms. The van der Waals surface area contributed by atoms with Gasteiger partial charge in [0.2, 0.25) is 11.8 Å². The van der Waals surface area contributed by atoms with E-state index in [-0.39, 0.29) is 38.8 Å². The van der Waals surface area contributed by atoms with Crippen molar-refractivity contribution in [2.75, 3.05) is 13.2 Å². The van der Waals surface area contributed by atoms with E-state index in [0.29, 0.717) is 0 Å². The van der Waals surface area contributed by atoms with Gasteiger partial charge in [0.1, 0.15) is 24.4 Å². The normalized spacial score (nSPS) is 32.0. The Bertz CT molecular complexity index is 795. The van der Waals surface area contributed by atoms with Crippen LogP contribution in [0.5, 0.6) is 0 Å². The molecule has 2 unspecified atom stereocenters. The van der Waals surface area contributed by atoms with Crippen molar-refractivity contribution in [3.05, 3.63) is 0 Å². The third-order valence-corrected chi connectivity index (χ3v) is 6.14. The fraction of sp³-hybridized carbons (Fsp3) is 0.818. The highest BCUT2D eigenvalue weighted by atomic mass is 16.7. The van der Waals surface area contributed by atoms with Crippen LogP contribution in [0.1, 0.15) is 46.5 Å². The maximum Gasteiger partial charge on any atom is 0.331 e. The predicted molar refractivity (Wildman–Crippen MR) is 116 cm³/mol. The Morgan fingerprint density at radius 1 is 1.11 bits per heavy atom. The van der Waals surface area contributed by atoms with Crippen LogP contribution >= 0.6 is 0 Å². The molecule has 0 aliphatic carbocycles. The van der Waals surface area contributed by atoms with Gasteiger partial charge in [0, 0.05) is 25.4 Å². The number of rotatable bonds is 11. The minimum absolute atomic E-state index is 0.00110. The standard InChI is InChI=1S/C22H36N2O12/c1-4-34-21(33)16(10(2)35-22-19(31)18(30)17(29)11(3)36-22)23-20(32)13-8-12(25)9-24(13)14(26)6-5-7-15(27)28/h10-13,16-19,22,25,29-31H,4-9H2,1-3H3,(H,23,32)(H,27,28)/p-1/t10-,11+,12-,13+,16+,17-,18?,19?,22-/m1/s1. The molecular weight excluding hydrogens is 484 g/mol. The molecule has 2 amide bonds. The van der Waals surface area contributed by atoms with Crippen LogP contribution in [0.4, 0.5) is 0 Å². The smallest absolute Gasteiger partial charge is 0.331 e. The zero-order chi connectivity index (χ0) is 27.2. The fourth-order valence-electron chi connectivity index (χ4n) is 4.13. The van der Waals surface area contributed by atoms with Crippen LogP contribution in [0.3, 0.4) is 0 Å². The SMILES string of the molecule is CCOC(=O)[C@@H](NC(=O)[C@@H]1C[C@@H](O)CN1C(=O)CCCC(=O)[O-])[C@@H](C)O[C@@H]1O[C@@H](C)[C@@H](O)C(O)C1O. The molecule has 0 saturated carbocycles. The lowest BCUT2D eigenvalue weighted by atomic mass is 10.00. The Labute approximate surface area is 208 Å². The first-order valence-electron chi connectivity index (χ1n) is 11.9. The zero-order valence-electron chi connectivity index (χ0n) is 20.4. The van der Waals surface area contributed by atoms with Crippen molar-refractivity contribution >= 4 is 23.8 Å². The second kappa shape index (κ2) is 13.3. The molecule has 5 N–H and O–H groups in total. The van der Waals surface area contributed by atoms with Crippen LogP contribution in [0, 0.1) is 0 Å². The predicted octanol–water partition coefficient (Wildman–Crippen LogP) is -3.85. The molecule has 36 heavy (non-hydrogen) atoms. The molecule has 2 heterocycles. The summed E-state index contributed by atoms with van der Waals surface area (Å²) in [6, 6.07) is -2.55. The molecule has 14 nitrogen and oxygen atoms in total. The summed E-state index contributed by atoms with van der Waals surface area (Å²) in [5, 5.41) is 53.2. The lowest BCUT2D eigenvalue weighted by Crippen LogP contribution is -2.60. The zero-order valence-corrected chi connectivity index (χ0v) is 20.4. The molecular formula is C22H35N2O12-. The van der Waals surface area contributed by atoms with Gasteiger partial charge in [-0.05, 0) is 33.6 Å². The van der Waals surface area contributed by atoms with E-state index in [0.717, 1.165) is 4.90 Å². The van der Waals surface area contributed by atoms with Gasteiger partial charge in [-0.1, -0.05) is 0 Å². The molecule has 0 spiro atoms. The topological polar surface area (TPSA) is 215 Å². The molecule has 0 radical (unpaired) electrons. The average molecular weight is 520 g/mol. The van der Waals surface area contributed by atoms with E-state index in [4.69, 9.17) is 14.2 Å². The number of carboxylic acids is 1. The molecule has 14 heteroatoms. The first-order valence-corrected chi connectivity index (χ1v) is 11.9. The van der Waals surface area contributed by atoms with Crippen molar-refractivity contribution in [3.63, 3.8) is 0 Å². The highest BCUT2D eigenvalue weighted by molar-refractivity contribution is 5.91. The number of carboxylic acid groups (broad SMARTS) is 1. The molecule has 206 valence electrons. The van der Waals surface area contributed by atoms with Crippen molar-refractivity contribution in [1.82, 2.24) is 10.2 Å². The third-order valence-electron chi connectivity index (χ3n) is 6.14. The first-order chi connectivity index (χ1) is 16.9. The Morgan fingerprint density at radius 2 is 1.78 bits per heavy atom. The summed E-state index contributed by atoms with van der Waals surface area (Å²) in [5.74, 6) is -3.50. The molecule has 0 aromatic heterocycles. The second-order valence-electron chi connectivity index (χ2n) is 8.94. The molecule has 2 fully saturated rings. The summed E-state index contributed by atoms with van der Waals surface area (Å²) < 4.78 is 16.0. The lowest BCUT2D eigenvalue weighted by Gasteiger charge is -2.40. The Hall–Kier alpha value is -2.36. The number of hydrogen-bond acceptors (Lipinski definition) is 12. The average Bonchev–Trinajstić information content (AvgIpc) is 3.21. The van der Waals surface area contributed by atoms with Crippen LogP contribution in [-0.2, 0) is 33.4 Å². The molecule has 0 aromatic carbocycles. The van der Waals surface area contributed by atoms with E-state index in [1.807, 2.05) is 0 Å². The van der Waals surface area contributed by atoms with Gasteiger partial charge in [-0.15, -0.1) is 0 Å². The lowest BCUT2D eigenvalue weighted by molar-refractivity contribution is -0.305. The number of aliphatic carboxylic acids is 1. The summed E-state index contributed by atoms with van der Waals surface area (Å²) in [5.41, 5.74) is 0. The van der Waals surface area contributed by atoms with Gasteiger partial charge >= 0.3 is 5.97 Å². The summed E-state index contributed by atoms with van der Waals surface area (Å²) in [6.45, 7) is 4.24. The summed E-state index contributed by atoms with van der Waals surface area (Å²) >= 11 is 0. The molecule has 2 rings (SSSR count). The Kier molecular flexibility index (Phi) is 11.0. The summed E-state index contributed by atoms with van der Waals surface area (Å²) in [7, 11) is 0. The summed E-state index contributed by atoms with van der Waals surface area (Å²) in [4.78, 5) is 50.0. The van der Waals surface area contributed by atoms with Gasteiger partial charge in [0.25, 0.3) is 0 Å². The fourth-order valence-corrected chi connectivity index (χ4v) is 4.13. The highest BCUT2D eigenvalue weighted by Crippen LogP contribution is 2.24. The van der Waals surface area contributed by atoms with Gasteiger partial charge < -0.3 is 54.8 Å². The third kappa shape index (κ3) is 7.57. The van der Waals surface area contributed by atoms with Gasteiger partial charge in [-0.3, -0.25) is 9.59 Å². The van der Waals surface area contributed by atoms with Crippen molar-refractivity contribution < 1.29 is 58.9 Å². The van der Waals surface area contributed by atoms with E-state index >= 15 is 0 Å². The van der Waals surface area contributed by atoms with Crippen molar-refractivity contribution in [1.29, 1.82) is 0 Å². The number of aliphatic hydroxyl groups excluding tert-OH is 4. The summed E-state index contributed by atoms with van der Waals surface area (Å²) in [6.07, 6.45) is -9.66. The number of β-amino-alcohol motifs (C(OH)–C–C–N with tert-alkyl or cyclic N) is 1. The van der Waals surface area contributed by atoms with Gasteiger partial charge in [0.05, 0.1) is 24.9 Å². The number of hydrogen-bond donors (Lipinski definition) is 5. The van der Waals surface area contributed by atoms with Crippen molar-refractivity contribution in [2.24, 2.45) is 0 Å². The number of carbonyl (C=O) groups is 4. The number of ether oxygens (including phenoxy) is 3. The van der Waals surface area contributed by atoms with E-state index in [1.165, 1.54) is 13.8 Å². The number of nitrogens with one attached hydrogen (secondary N) is 1. The van der Waals surface area contributed by atoms with Crippen LogP contribution in [0.15, 0.2) is 0 Å². The number of esters is 1. The van der Waals surface area contributed by atoms with Gasteiger partial charge in [-0.2, -0.15) is 0 Å². The highest BCUT2D eigenvalue weighted by Gasteiger charge is 2.45. The van der Waals surface area contributed by atoms with E-state index in [2.05, 4.69) is 5.32 Å². The number of amides is 2. The monoisotopic (exact) mass is 519 g/mol. The van der Waals surface area contributed by atoms with Crippen molar-refractivity contribution in [2.45, 2.75) is 101 Å². The van der Waals surface area contributed by atoms with Crippen LogP contribution < -0.4 is 10.4 Å². The number of nitrogens with zero attached hydrogens (tertiary/aromatic N) is 1. The van der Waals surface area contributed by atoms with Crippen LogP contribution in [-0.4, -0.2) is 117 Å².